The highest BCUT2D eigenvalue weighted by atomic mass is 32.2. The van der Waals surface area contributed by atoms with Crippen LogP contribution in [-0.2, 0) is 32.6 Å². The highest BCUT2D eigenvalue weighted by Gasteiger charge is 2.31. The van der Waals surface area contributed by atoms with Crippen molar-refractivity contribution >= 4 is 27.5 Å². The van der Waals surface area contributed by atoms with Gasteiger partial charge in [-0.05, 0) is 62.1 Å². The lowest BCUT2D eigenvalue weighted by molar-refractivity contribution is -0.141. The molecule has 1 N–H and O–H groups in total. The van der Waals surface area contributed by atoms with Crippen LogP contribution in [0.5, 0.6) is 0 Å². The highest BCUT2D eigenvalue weighted by molar-refractivity contribution is 7.92. The first kappa shape index (κ1) is 31.8. The highest BCUT2D eigenvalue weighted by Crippen LogP contribution is 2.21. The molecular weight excluding hydrogens is 541 g/mol. The number of amides is 2. The van der Waals surface area contributed by atoms with Crippen molar-refractivity contribution in [1.29, 1.82) is 0 Å². The number of nitrogens with zero attached hydrogens (tertiary/aromatic N) is 2. The first-order valence-electron chi connectivity index (χ1n) is 13.9. The number of hydrogen-bond donors (Lipinski definition) is 1. The van der Waals surface area contributed by atoms with Gasteiger partial charge in [0.1, 0.15) is 11.9 Å². The van der Waals surface area contributed by atoms with Gasteiger partial charge in [0.2, 0.25) is 21.8 Å². The van der Waals surface area contributed by atoms with Crippen LogP contribution in [0, 0.1) is 12.7 Å². The summed E-state index contributed by atoms with van der Waals surface area (Å²) in [7, 11) is -3.58. The van der Waals surface area contributed by atoms with Gasteiger partial charge in [-0.15, -0.1) is 0 Å². The van der Waals surface area contributed by atoms with E-state index in [-0.39, 0.29) is 49.6 Å². The van der Waals surface area contributed by atoms with Crippen molar-refractivity contribution < 1.29 is 22.4 Å². The molecule has 0 saturated carbocycles. The maximum atomic E-state index is 13.8. The van der Waals surface area contributed by atoms with Gasteiger partial charge in [0.15, 0.2) is 0 Å². The first-order chi connectivity index (χ1) is 19.5. The van der Waals surface area contributed by atoms with Gasteiger partial charge in [0, 0.05) is 32.0 Å². The van der Waals surface area contributed by atoms with Crippen molar-refractivity contribution in [2.24, 2.45) is 0 Å². The smallest absolute Gasteiger partial charge is 0.243 e. The summed E-state index contributed by atoms with van der Waals surface area (Å²) >= 11 is 0. The Balaban J connectivity index is 1.88. The Labute approximate surface area is 243 Å². The lowest BCUT2D eigenvalue weighted by Gasteiger charge is -2.32. The number of hydrogen-bond acceptors (Lipinski definition) is 4. The fourth-order valence-electron chi connectivity index (χ4n) is 4.50. The molecule has 2 amide bonds. The van der Waals surface area contributed by atoms with Crippen molar-refractivity contribution in [2.75, 3.05) is 17.1 Å². The van der Waals surface area contributed by atoms with E-state index >= 15 is 0 Å². The van der Waals surface area contributed by atoms with E-state index in [1.54, 1.807) is 24.3 Å². The number of anilines is 1. The second-order valence-electron chi connectivity index (χ2n) is 10.4. The van der Waals surface area contributed by atoms with E-state index < -0.39 is 16.1 Å². The van der Waals surface area contributed by atoms with Crippen molar-refractivity contribution in [3.8, 4) is 0 Å². The molecule has 3 rings (SSSR count). The van der Waals surface area contributed by atoms with Crippen molar-refractivity contribution in [3.05, 3.63) is 101 Å². The lowest BCUT2D eigenvalue weighted by Crippen LogP contribution is -2.52. The number of carbonyl (C=O) groups excluding carboxylic acids is 2. The minimum Gasteiger partial charge on any atom is -0.352 e. The maximum Gasteiger partial charge on any atom is 0.243 e. The third kappa shape index (κ3) is 9.70. The molecule has 0 radical (unpaired) electrons. The molecule has 0 aromatic heterocycles. The Morgan fingerprint density at radius 3 is 2.15 bits per heavy atom. The molecule has 0 saturated heterocycles. The summed E-state index contributed by atoms with van der Waals surface area (Å²) in [4.78, 5) is 28.9. The number of rotatable bonds is 14. The van der Waals surface area contributed by atoms with Crippen molar-refractivity contribution in [2.45, 2.75) is 65.1 Å². The third-order valence-electron chi connectivity index (χ3n) is 7.01. The molecule has 220 valence electrons. The zero-order chi connectivity index (χ0) is 30.0. The summed E-state index contributed by atoms with van der Waals surface area (Å²) < 4.78 is 40.1. The van der Waals surface area contributed by atoms with Gasteiger partial charge < -0.3 is 10.2 Å². The second kappa shape index (κ2) is 14.8. The van der Waals surface area contributed by atoms with E-state index in [2.05, 4.69) is 5.32 Å². The molecule has 7 nitrogen and oxygen atoms in total. The van der Waals surface area contributed by atoms with Crippen molar-refractivity contribution in [1.82, 2.24) is 10.2 Å². The molecule has 2 atom stereocenters. The Hall–Kier alpha value is -3.72. The molecule has 0 bridgehead atoms. The Morgan fingerprint density at radius 1 is 0.927 bits per heavy atom. The van der Waals surface area contributed by atoms with Crippen LogP contribution < -0.4 is 9.62 Å². The topological polar surface area (TPSA) is 86.8 Å². The SMILES string of the molecule is CC[C@@H](C)NC(=O)[C@@H](Cc1ccccc1)N(Cc1ccc(F)cc1)C(=O)CCCN(c1ccc(C)cc1)S(C)(=O)=O. The van der Waals surface area contributed by atoms with E-state index in [0.29, 0.717) is 17.7 Å². The standard InChI is InChI=1S/C32H40FN3O4S/c1-5-25(3)34-32(38)30(22-26-10-7-6-8-11-26)35(23-27-15-17-28(33)18-16-27)31(37)12-9-21-36(41(4,39)40)29-19-13-24(2)14-20-29/h6-8,10-11,13-20,25,30H,5,9,12,21-23H2,1-4H3,(H,34,38)/t25-,30-/m1/s1. The van der Waals surface area contributed by atoms with Crippen LogP contribution in [0.25, 0.3) is 0 Å². The molecule has 3 aromatic rings. The van der Waals surface area contributed by atoms with Crippen LogP contribution in [0.1, 0.15) is 49.8 Å². The third-order valence-corrected chi connectivity index (χ3v) is 8.21. The van der Waals surface area contributed by atoms with Gasteiger partial charge >= 0.3 is 0 Å². The summed E-state index contributed by atoms with van der Waals surface area (Å²) in [5.74, 6) is -0.943. The van der Waals surface area contributed by atoms with Crippen LogP contribution in [0.15, 0.2) is 78.9 Å². The Kier molecular flexibility index (Phi) is 11.5. The molecule has 0 fully saturated rings. The summed E-state index contributed by atoms with van der Waals surface area (Å²) in [6.45, 7) is 6.03. The van der Waals surface area contributed by atoms with E-state index in [1.807, 2.05) is 63.2 Å². The number of carbonyl (C=O) groups is 2. The van der Waals surface area contributed by atoms with E-state index in [1.165, 1.54) is 21.3 Å². The molecular formula is C32H40FN3O4S. The fraction of sp³-hybridized carbons (Fsp3) is 0.375. The molecule has 0 heterocycles. The largest absolute Gasteiger partial charge is 0.352 e. The molecule has 0 unspecified atom stereocenters. The fourth-order valence-corrected chi connectivity index (χ4v) is 5.46. The lowest BCUT2D eigenvalue weighted by atomic mass is 10.0. The molecule has 0 aliphatic heterocycles. The number of aryl methyl sites for hydroxylation is 1. The van der Waals surface area contributed by atoms with Gasteiger partial charge in [0.05, 0.1) is 11.9 Å². The van der Waals surface area contributed by atoms with Crippen LogP contribution in [0.4, 0.5) is 10.1 Å². The van der Waals surface area contributed by atoms with E-state index in [0.717, 1.165) is 23.8 Å². The molecule has 0 aliphatic rings. The van der Waals surface area contributed by atoms with Crippen LogP contribution >= 0.6 is 0 Å². The summed E-state index contributed by atoms with van der Waals surface area (Å²) in [5, 5.41) is 3.02. The average molecular weight is 582 g/mol. The van der Waals surface area contributed by atoms with Gasteiger partial charge in [-0.2, -0.15) is 0 Å². The summed E-state index contributed by atoms with van der Waals surface area (Å²) in [6.07, 6.45) is 2.46. The Morgan fingerprint density at radius 2 is 1.56 bits per heavy atom. The van der Waals surface area contributed by atoms with E-state index in [4.69, 9.17) is 0 Å². The first-order valence-corrected chi connectivity index (χ1v) is 15.7. The number of sulfonamides is 1. The predicted molar refractivity (Wildman–Crippen MR) is 161 cm³/mol. The number of nitrogens with one attached hydrogen (secondary N) is 1. The summed E-state index contributed by atoms with van der Waals surface area (Å²) in [5.41, 5.74) is 3.13. The Bertz CT molecular complexity index is 1380. The van der Waals surface area contributed by atoms with Gasteiger partial charge in [-0.1, -0.05) is 67.1 Å². The van der Waals surface area contributed by atoms with Crippen LogP contribution in [-0.4, -0.2) is 50.0 Å². The monoisotopic (exact) mass is 581 g/mol. The molecule has 41 heavy (non-hydrogen) atoms. The molecule has 0 spiro atoms. The summed E-state index contributed by atoms with van der Waals surface area (Å²) in [6, 6.07) is 21.6. The quantitative estimate of drug-likeness (QED) is 0.282. The molecule has 0 aliphatic carbocycles. The number of benzene rings is 3. The average Bonchev–Trinajstić information content (AvgIpc) is 2.94. The molecule has 9 heteroatoms. The minimum absolute atomic E-state index is 0.0287. The van der Waals surface area contributed by atoms with Gasteiger partial charge in [-0.3, -0.25) is 13.9 Å². The zero-order valence-electron chi connectivity index (χ0n) is 24.2. The maximum absolute atomic E-state index is 13.8. The van der Waals surface area contributed by atoms with Crippen LogP contribution in [0.3, 0.4) is 0 Å². The molecule has 3 aromatic carbocycles. The number of halogens is 1. The predicted octanol–water partition coefficient (Wildman–Crippen LogP) is 5.24. The second-order valence-corrected chi connectivity index (χ2v) is 12.4. The van der Waals surface area contributed by atoms with Crippen LogP contribution in [0.2, 0.25) is 0 Å². The zero-order valence-corrected chi connectivity index (χ0v) is 25.0. The van der Waals surface area contributed by atoms with E-state index in [9.17, 15) is 22.4 Å². The normalized spacial score (nSPS) is 12.8. The van der Waals surface area contributed by atoms with Gasteiger partial charge in [-0.25, -0.2) is 12.8 Å². The van der Waals surface area contributed by atoms with Gasteiger partial charge in [0.25, 0.3) is 0 Å². The van der Waals surface area contributed by atoms with Crippen molar-refractivity contribution in [3.63, 3.8) is 0 Å². The minimum atomic E-state index is -3.58.